The van der Waals surface area contributed by atoms with Crippen LogP contribution in [-0.4, -0.2) is 77.6 Å². The van der Waals surface area contributed by atoms with Crippen molar-refractivity contribution in [3.8, 4) is 22.6 Å². The fraction of sp³-hybridized carbons (Fsp3) is 0.393. The molecule has 11 heteroatoms. The van der Waals surface area contributed by atoms with Crippen LogP contribution in [0.4, 0.5) is 4.39 Å². The van der Waals surface area contributed by atoms with E-state index < -0.39 is 23.8 Å². The molecule has 1 N–H and O–H groups in total. The second kappa shape index (κ2) is 12.7. The number of pyridine rings is 1. The third kappa shape index (κ3) is 6.37. The number of hydrogen-bond donors (Lipinski definition) is 1. The molecule has 0 bridgehead atoms. The topological polar surface area (TPSA) is 111 Å². The van der Waals surface area contributed by atoms with E-state index in [0.717, 1.165) is 0 Å². The van der Waals surface area contributed by atoms with Gasteiger partial charge in [0.15, 0.2) is 12.0 Å². The molecule has 1 amide bonds. The molecule has 1 aromatic heterocycles. The molecule has 3 aromatic rings. The van der Waals surface area contributed by atoms with Gasteiger partial charge in [0.05, 0.1) is 30.7 Å². The van der Waals surface area contributed by atoms with Crippen LogP contribution in [0.25, 0.3) is 22.0 Å². The number of carboxylic acid groups (broad SMARTS) is 1. The Kier molecular flexibility index (Phi) is 9.15. The largest absolute Gasteiger partial charge is 0.491 e. The van der Waals surface area contributed by atoms with Gasteiger partial charge in [0.2, 0.25) is 0 Å². The molecule has 4 rings (SSSR count). The Morgan fingerprint density at radius 3 is 2.44 bits per heavy atom. The van der Waals surface area contributed by atoms with Crippen LogP contribution in [0.1, 0.15) is 20.3 Å². The molecule has 0 aliphatic carbocycles. The van der Waals surface area contributed by atoms with Gasteiger partial charge in [-0.3, -0.25) is 14.6 Å². The zero-order valence-corrected chi connectivity index (χ0v) is 22.0. The lowest BCUT2D eigenvalue weighted by atomic mass is 10.0. The van der Waals surface area contributed by atoms with Crippen molar-refractivity contribution in [2.24, 2.45) is 0 Å². The minimum Gasteiger partial charge on any atom is -0.491 e. The highest BCUT2D eigenvalue weighted by atomic mass is 19.1. The summed E-state index contributed by atoms with van der Waals surface area (Å²) in [5.74, 6) is -1.43. The Morgan fingerprint density at radius 2 is 1.79 bits per heavy atom. The third-order valence-corrected chi connectivity index (χ3v) is 6.35. The Morgan fingerprint density at radius 1 is 1.08 bits per heavy atom. The van der Waals surface area contributed by atoms with E-state index in [-0.39, 0.29) is 28.9 Å². The number of likely N-dealkylation sites (N-methyl/N-ethyl adjacent to an activating group) is 1. The molecule has 1 aliphatic heterocycles. The number of fused-ring (bicyclic) bond motifs is 1. The second-order valence-corrected chi connectivity index (χ2v) is 9.00. The van der Waals surface area contributed by atoms with Crippen molar-refractivity contribution in [2.45, 2.75) is 26.8 Å². The summed E-state index contributed by atoms with van der Waals surface area (Å²) in [7, 11) is 0. The van der Waals surface area contributed by atoms with E-state index in [1.165, 1.54) is 24.3 Å². The van der Waals surface area contributed by atoms with Crippen LogP contribution in [0.5, 0.6) is 11.5 Å². The highest BCUT2D eigenvalue weighted by Gasteiger charge is 2.25. The summed E-state index contributed by atoms with van der Waals surface area (Å²) in [6.45, 7) is 6.14. The average Bonchev–Trinajstić information content (AvgIpc) is 2.94. The van der Waals surface area contributed by atoms with E-state index in [2.05, 4.69) is 0 Å². The molecular weight excluding hydrogens is 509 g/mol. The number of aromatic nitrogens is 1. The number of carbonyl (C=O) groups is 2. The number of halogens is 1. The molecule has 10 nitrogen and oxygen atoms in total. The Hall–Kier alpha value is -3.96. The predicted molar refractivity (Wildman–Crippen MR) is 142 cm³/mol. The number of ether oxygens (including phenoxy) is 3. The average molecular weight is 542 g/mol. The zero-order chi connectivity index (χ0) is 27.9. The maximum Gasteiger partial charge on any atom is 0.341 e. The van der Waals surface area contributed by atoms with Crippen molar-refractivity contribution < 1.29 is 33.3 Å². The summed E-state index contributed by atoms with van der Waals surface area (Å²) < 4.78 is 33.3. The summed E-state index contributed by atoms with van der Waals surface area (Å²) in [5.41, 5.74) is 0.310. The maximum absolute atomic E-state index is 15.3. The lowest BCUT2D eigenvalue weighted by Crippen LogP contribution is -2.52. The summed E-state index contributed by atoms with van der Waals surface area (Å²) in [6.07, 6.45) is 2.25. The molecule has 2 aromatic carbocycles. The van der Waals surface area contributed by atoms with Gasteiger partial charge in [-0.25, -0.2) is 14.2 Å². The SMILES string of the molecule is CCCOc1ccc(F)c2c(=O)c(-c3ccc(OCC(=O)O)cc3)cn(CC(=O)N(CC)N3CCOCC3)c12. The monoisotopic (exact) mass is 541 g/mol. The molecule has 0 unspecified atom stereocenters. The molecule has 0 radical (unpaired) electrons. The minimum absolute atomic E-state index is 0.152. The molecule has 2 heterocycles. The number of carbonyl (C=O) groups excluding carboxylic acids is 1. The molecule has 1 aliphatic rings. The van der Waals surface area contributed by atoms with Crippen molar-refractivity contribution in [3.63, 3.8) is 0 Å². The molecule has 208 valence electrons. The number of nitrogens with zero attached hydrogens (tertiary/aromatic N) is 3. The van der Waals surface area contributed by atoms with Crippen LogP contribution in [0.2, 0.25) is 0 Å². The van der Waals surface area contributed by atoms with E-state index in [1.807, 2.05) is 18.9 Å². The first-order chi connectivity index (χ1) is 18.8. The first kappa shape index (κ1) is 28.1. The standard InChI is InChI=1S/C28H32FN3O7/c1-3-13-38-23-10-9-22(29)26-27(23)30(17-24(33)32(4-2)31-11-14-37-15-12-31)16-21(28(26)36)19-5-7-20(8-6-19)39-18-25(34)35/h5-10,16H,3-4,11-15,17-18H2,1-2H3,(H,34,35). The summed E-state index contributed by atoms with van der Waals surface area (Å²) in [6, 6.07) is 8.92. The van der Waals surface area contributed by atoms with Crippen LogP contribution in [0.3, 0.4) is 0 Å². The summed E-state index contributed by atoms with van der Waals surface area (Å²) in [4.78, 5) is 38.0. The number of benzene rings is 2. The molecule has 39 heavy (non-hydrogen) atoms. The minimum atomic E-state index is -1.11. The fourth-order valence-corrected chi connectivity index (χ4v) is 4.55. The van der Waals surface area contributed by atoms with Crippen LogP contribution in [0.15, 0.2) is 47.4 Å². The Balaban J connectivity index is 1.81. The normalized spacial score (nSPS) is 13.8. The number of morpholine rings is 1. The molecule has 1 saturated heterocycles. The third-order valence-electron chi connectivity index (χ3n) is 6.35. The van der Waals surface area contributed by atoms with E-state index >= 15 is 4.39 Å². The van der Waals surface area contributed by atoms with Crippen LogP contribution in [-0.2, 0) is 20.9 Å². The van der Waals surface area contributed by atoms with Crippen molar-refractivity contribution in [1.82, 2.24) is 14.6 Å². The quantitative estimate of drug-likeness (QED) is 0.394. The van der Waals surface area contributed by atoms with E-state index in [0.29, 0.717) is 62.9 Å². The van der Waals surface area contributed by atoms with Crippen molar-refractivity contribution >= 4 is 22.8 Å². The Labute approximate surface area is 225 Å². The van der Waals surface area contributed by atoms with Crippen LogP contribution >= 0.6 is 0 Å². The van der Waals surface area contributed by atoms with Gasteiger partial charge in [0, 0.05) is 31.4 Å². The van der Waals surface area contributed by atoms with Gasteiger partial charge in [-0.1, -0.05) is 19.1 Å². The van der Waals surface area contributed by atoms with Gasteiger partial charge in [0.25, 0.3) is 5.91 Å². The first-order valence-electron chi connectivity index (χ1n) is 12.9. The van der Waals surface area contributed by atoms with Crippen molar-refractivity contribution in [3.05, 3.63) is 58.6 Å². The van der Waals surface area contributed by atoms with Crippen molar-refractivity contribution in [1.29, 1.82) is 0 Å². The molecule has 1 fully saturated rings. The molecule has 0 spiro atoms. The summed E-state index contributed by atoms with van der Waals surface area (Å²) >= 11 is 0. The Bertz CT molecular complexity index is 1380. The van der Waals surface area contributed by atoms with Crippen LogP contribution < -0.4 is 14.9 Å². The van der Waals surface area contributed by atoms with Gasteiger partial charge < -0.3 is 23.9 Å². The highest BCUT2D eigenvalue weighted by molar-refractivity contribution is 5.90. The predicted octanol–water partition coefficient (Wildman–Crippen LogP) is 3.16. The zero-order valence-electron chi connectivity index (χ0n) is 22.0. The number of rotatable bonds is 11. The lowest BCUT2D eigenvalue weighted by molar-refractivity contribution is -0.156. The second-order valence-electron chi connectivity index (χ2n) is 9.00. The number of carboxylic acids is 1. The van der Waals surface area contributed by atoms with Gasteiger partial charge in [-0.2, -0.15) is 0 Å². The van der Waals surface area contributed by atoms with Gasteiger partial charge in [0.1, 0.15) is 23.9 Å². The number of hydrogen-bond acceptors (Lipinski definition) is 7. The molecule has 0 atom stereocenters. The van der Waals surface area contributed by atoms with Gasteiger partial charge in [-0.05, 0) is 43.2 Å². The maximum atomic E-state index is 15.3. The van der Waals surface area contributed by atoms with E-state index in [4.69, 9.17) is 19.3 Å². The van der Waals surface area contributed by atoms with Crippen LogP contribution in [0, 0.1) is 5.82 Å². The smallest absolute Gasteiger partial charge is 0.341 e. The molecular formula is C28H32FN3O7. The van der Waals surface area contributed by atoms with E-state index in [1.54, 1.807) is 27.9 Å². The van der Waals surface area contributed by atoms with E-state index in [9.17, 15) is 14.4 Å². The number of aliphatic carboxylic acids is 1. The number of amides is 1. The van der Waals surface area contributed by atoms with Gasteiger partial charge in [-0.15, -0.1) is 0 Å². The van der Waals surface area contributed by atoms with Gasteiger partial charge >= 0.3 is 5.97 Å². The lowest BCUT2D eigenvalue weighted by Gasteiger charge is -2.36. The summed E-state index contributed by atoms with van der Waals surface area (Å²) in [5, 5.41) is 12.2. The first-order valence-corrected chi connectivity index (χ1v) is 12.9. The number of hydrazine groups is 1. The fourth-order valence-electron chi connectivity index (χ4n) is 4.55. The molecule has 0 saturated carbocycles. The highest BCUT2D eigenvalue weighted by Crippen LogP contribution is 2.30. The van der Waals surface area contributed by atoms with Crippen molar-refractivity contribution in [2.75, 3.05) is 46.1 Å².